The van der Waals surface area contributed by atoms with Crippen LogP contribution >= 0.6 is 0 Å². The Morgan fingerprint density at radius 3 is 1.32 bits per heavy atom. The Hall–Kier alpha value is -0.147. The van der Waals surface area contributed by atoms with Gasteiger partial charge in [-0.3, -0.25) is 4.79 Å². The summed E-state index contributed by atoms with van der Waals surface area (Å²) < 4.78 is 8.38. The van der Waals surface area contributed by atoms with Gasteiger partial charge in [-0.05, 0) is 13.0 Å². The zero-order valence-corrected chi connectivity index (χ0v) is 19.7. The van der Waals surface area contributed by atoms with E-state index in [1.54, 1.807) is 0 Å². The Bertz CT molecular complexity index is 265. The van der Waals surface area contributed by atoms with E-state index in [0.29, 0.717) is 0 Å². The minimum absolute atomic E-state index is 0.0960. The Morgan fingerprint density at radius 2 is 1.00 bits per heavy atom. The van der Waals surface area contributed by atoms with Crippen molar-refractivity contribution in [1.29, 1.82) is 0 Å². The van der Waals surface area contributed by atoms with Crippen molar-refractivity contribution in [1.82, 2.24) is 5.32 Å². The van der Waals surface area contributed by atoms with Gasteiger partial charge in [0.05, 0.1) is 6.54 Å². The van der Waals surface area contributed by atoms with Crippen LogP contribution in [0.3, 0.4) is 0 Å². The molecule has 0 aliphatic heterocycles. The fourth-order valence-electron chi connectivity index (χ4n) is 2.99. The van der Waals surface area contributed by atoms with Gasteiger partial charge in [-0.1, -0.05) is 103 Å². The predicted molar refractivity (Wildman–Crippen MR) is 101 cm³/mol. The molecule has 0 aliphatic carbocycles. The minimum atomic E-state index is -0.763. The molecule has 0 spiro atoms. The van der Waals surface area contributed by atoms with Crippen LogP contribution in [-0.2, 0) is 26.6 Å². The molecule has 0 radical (unpaired) electrons. The van der Waals surface area contributed by atoms with E-state index in [1.165, 1.54) is 96.3 Å². The third-order valence-corrected chi connectivity index (χ3v) is 4.48. The van der Waals surface area contributed by atoms with Gasteiger partial charge in [0.2, 0.25) is 0 Å². The van der Waals surface area contributed by atoms with Crippen LogP contribution in [0.4, 0.5) is 0 Å². The van der Waals surface area contributed by atoms with Crippen molar-refractivity contribution in [3.05, 3.63) is 0 Å². The number of unbranched alkanes of at least 4 members (excludes halogenated alkanes) is 15. The average Bonchev–Trinajstić information content (AvgIpc) is 2.62. The second-order valence-corrected chi connectivity index (χ2v) is 6.87. The zero-order chi connectivity index (χ0) is 19.0. The number of hydrogen-bond donors (Lipinski definition) is 2. The molecular weight excluding hydrogens is 368 g/mol. The maximum absolute atomic E-state index is 10.3. The number of rotatable bonds is 19. The van der Waals surface area contributed by atoms with Gasteiger partial charge >= 0.3 is 27.8 Å². The molecule has 25 heavy (non-hydrogen) atoms. The Kier molecular flexibility index (Phi) is 28.3. The predicted octanol–water partition coefficient (Wildman–Crippen LogP) is 5.80. The molecule has 0 fully saturated rings. The summed E-state index contributed by atoms with van der Waals surface area (Å²) in [6.07, 6.45) is 22.0. The van der Waals surface area contributed by atoms with E-state index in [1.807, 2.05) is 0 Å². The molecule has 0 aromatic carbocycles. The quantitative estimate of drug-likeness (QED) is 0.209. The first-order chi connectivity index (χ1) is 12.3. The number of carbonyl (C=O) groups is 1. The summed E-state index contributed by atoms with van der Waals surface area (Å²) in [5.74, 6) is -0.763. The molecule has 0 heterocycles. The van der Waals surface area contributed by atoms with Crippen LogP contribution in [0.15, 0.2) is 0 Å². The molecule has 0 aromatic rings. The van der Waals surface area contributed by atoms with E-state index in [4.69, 9.17) is 8.68 Å². The van der Waals surface area contributed by atoms with Crippen LogP contribution in [0.2, 0.25) is 0 Å². The van der Waals surface area contributed by atoms with E-state index in [9.17, 15) is 4.79 Å². The molecule has 2 N–H and O–H groups in total. The normalized spacial score (nSPS) is 10.4. The molecule has 0 amide bonds. The van der Waals surface area contributed by atoms with Crippen molar-refractivity contribution in [2.75, 3.05) is 13.1 Å². The fourth-order valence-corrected chi connectivity index (χ4v) is 2.99. The number of aliphatic carboxylic acids is 1. The first-order valence-corrected chi connectivity index (χ1v) is 11.7. The molecule has 0 saturated carbocycles. The van der Waals surface area contributed by atoms with Crippen molar-refractivity contribution in [3.63, 3.8) is 0 Å². The molecule has 0 aliphatic rings. The Balaban J connectivity index is 0. The first-order valence-electron chi connectivity index (χ1n) is 10.5. The summed E-state index contributed by atoms with van der Waals surface area (Å²) in [7, 11) is 0. The second-order valence-electron chi connectivity index (χ2n) is 6.87. The molecule has 0 aromatic heterocycles. The second kappa shape index (κ2) is 26.1. The van der Waals surface area contributed by atoms with E-state index in [0.717, 1.165) is 13.0 Å². The van der Waals surface area contributed by atoms with Gasteiger partial charge in [0.1, 0.15) is 0 Å². The molecule has 0 saturated heterocycles. The van der Waals surface area contributed by atoms with Crippen molar-refractivity contribution in [2.45, 2.75) is 110 Å². The van der Waals surface area contributed by atoms with Gasteiger partial charge in [0.15, 0.2) is 0 Å². The maximum atomic E-state index is 10.3. The van der Waals surface area contributed by atoms with Gasteiger partial charge in [-0.25, -0.2) is 0 Å². The number of hydrogen-bond acceptors (Lipinski definition) is 3. The van der Waals surface area contributed by atoms with Crippen LogP contribution in [0, 0.1) is 0 Å². The molecule has 4 nitrogen and oxygen atoms in total. The third kappa shape index (κ3) is 28.9. The molecule has 146 valence electrons. The van der Waals surface area contributed by atoms with Crippen molar-refractivity contribution in [2.24, 2.45) is 0 Å². The van der Waals surface area contributed by atoms with E-state index < -0.39 is 5.97 Å². The number of carboxylic acids is 1. The average molecular weight is 409 g/mol. The summed E-state index contributed by atoms with van der Waals surface area (Å²) in [5.41, 5.74) is 0. The molecule has 0 bridgehead atoms. The summed E-state index contributed by atoms with van der Waals surface area (Å²) >= 11 is 0.125. The van der Waals surface area contributed by atoms with Gasteiger partial charge in [-0.2, -0.15) is 0 Å². The summed E-state index contributed by atoms with van der Waals surface area (Å²) in [6.45, 7) is 3.21. The van der Waals surface area contributed by atoms with E-state index in [-0.39, 0.29) is 24.8 Å². The third-order valence-electron chi connectivity index (χ3n) is 4.48. The van der Waals surface area contributed by atoms with E-state index in [2.05, 4.69) is 12.2 Å². The van der Waals surface area contributed by atoms with Gasteiger partial charge in [0.25, 0.3) is 0 Å². The van der Waals surface area contributed by atoms with E-state index >= 15 is 0 Å². The van der Waals surface area contributed by atoms with Crippen molar-refractivity contribution < 1.29 is 31.7 Å². The van der Waals surface area contributed by atoms with Crippen LogP contribution < -0.4 is 5.32 Å². The van der Waals surface area contributed by atoms with Crippen LogP contribution in [-0.4, -0.2) is 24.2 Å². The number of nitrogens with one attached hydrogen (secondary N) is 1. The molecular formula is C20H41NO3Zn. The van der Waals surface area contributed by atoms with Crippen molar-refractivity contribution in [3.8, 4) is 0 Å². The first kappa shape index (κ1) is 27.1. The van der Waals surface area contributed by atoms with Gasteiger partial charge in [0, 0.05) is 0 Å². The fraction of sp³-hybridized carbons (Fsp3) is 0.950. The number of carboxylic acid groups (broad SMARTS) is 1. The SMILES string of the molecule is CCCCCCCCCCCCCCCCCCNCC(=O)O.[O]=[Zn]. The molecule has 5 heteroatoms. The van der Waals surface area contributed by atoms with Gasteiger partial charge < -0.3 is 10.4 Å². The summed E-state index contributed by atoms with van der Waals surface area (Å²) in [5, 5.41) is 11.4. The van der Waals surface area contributed by atoms with Gasteiger partial charge in [-0.15, -0.1) is 0 Å². The monoisotopic (exact) mass is 407 g/mol. The zero-order valence-electron chi connectivity index (χ0n) is 16.7. The summed E-state index contributed by atoms with van der Waals surface area (Å²) in [4.78, 5) is 10.3. The Labute approximate surface area is 165 Å². The molecule has 0 atom stereocenters. The molecule has 0 rings (SSSR count). The summed E-state index contributed by atoms with van der Waals surface area (Å²) in [6, 6.07) is 0. The van der Waals surface area contributed by atoms with Crippen LogP contribution in [0.5, 0.6) is 0 Å². The van der Waals surface area contributed by atoms with Crippen LogP contribution in [0.25, 0.3) is 0 Å². The Morgan fingerprint density at radius 1 is 0.680 bits per heavy atom. The topological polar surface area (TPSA) is 66.4 Å². The molecule has 0 unspecified atom stereocenters. The van der Waals surface area contributed by atoms with Crippen LogP contribution in [0.1, 0.15) is 110 Å². The standard InChI is InChI=1S/C20H41NO2.O.Zn/c1-2-3-4-5-6-7-8-9-10-11-12-13-14-15-16-17-18-21-19-20(22)23;;/h21H,2-19H2,1H3,(H,22,23);;. The van der Waals surface area contributed by atoms with Crippen molar-refractivity contribution >= 4 is 5.97 Å².